The summed E-state index contributed by atoms with van der Waals surface area (Å²) < 4.78 is 16.5. The summed E-state index contributed by atoms with van der Waals surface area (Å²) in [5.74, 6) is 0.766. The van der Waals surface area contributed by atoms with Crippen molar-refractivity contribution in [2.45, 2.75) is 33.2 Å². The highest BCUT2D eigenvalue weighted by atomic mass is 16.7. The van der Waals surface area contributed by atoms with E-state index in [1.54, 1.807) is 37.3 Å². The van der Waals surface area contributed by atoms with Gasteiger partial charge in [0, 0.05) is 18.2 Å². The van der Waals surface area contributed by atoms with Crippen molar-refractivity contribution in [1.82, 2.24) is 0 Å². The lowest BCUT2D eigenvalue weighted by molar-refractivity contribution is -0.118. The molecule has 3 heterocycles. The van der Waals surface area contributed by atoms with E-state index in [-0.39, 0.29) is 30.5 Å². The van der Waals surface area contributed by atoms with Crippen molar-refractivity contribution in [3.8, 4) is 11.5 Å². The Bertz CT molecular complexity index is 987. The highest BCUT2D eigenvalue weighted by Crippen LogP contribution is 2.44. The van der Waals surface area contributed by atoms with E-state index >= 15 is 0 Å². The highest BCUT2D eigenvalue weighted by Gasteiger charge is 2.46. The number of ketones is 1. The van der Waals surface area contributed by atoms with Gasteiger partial charge in [0.2, 0.25) is 6.79 Å². The fourth-order valence-electron chi connectivity index (χ4n) is 3.54. The molecule has 0 saturated heterocycles. The molecule has 2 aliphatic heterocycles. The standard InChI is InChI=1S/C21H21NO6/c1-11(2)8-14(23)18-19(16-6-4-12(3)28-16)22(21(25)20(18)24)13-5-7-15-17(9-13)27-10-26-15/h4-7,9,11,19,24H,8,10H2,1-3H3. The number of hydrogen-bond donors (Lipinski definition) is 1. The summed E-state index contributed by atoms with van der Waals surface area (Å²) in [4.78, 5) is 27.2. The molecule has 7 heteroatoms. The lowest BCUT2D eigenvalue weighted by Crippen LogP contribution is -2.30. The fraction of sp³-hybridized carbons (Fsp3) is 0.333. The lowest BCUT2D eigenvalue weighted by atomic mass is 9.95. The summed E-state index contributed by atoms with van der Waals surface area (Å²) in [6, 6.07) is 7.68. The number of amides is 1. The molecule has 7 nitrogen and oxygen atoms in total. The second-order valence-electron chi connectivity index (χ2n) is 7.35. The number of carbonyl (C=O) groups is 2. The molecule has 0 fully saturated rings. The van der Waals surface area contributed by atoms with Gasteiger partial charge in [0.25, 0.3) is 5.91 Å². The quantitative estimate of drug-likeness (QED) is 0.844. The molecule has 1 aromatic heterocycles. The van der Waals surface area contributed by atoms with Gasteiger partial charge in [-0.15, -0.1) is 0 Å². The number of anilines is 1. The van der Waals surface area contributed by atoms with Crippen molar-refractivity contribution in [2.75, 3.05) is 11.7 Å². The largest absolute Gasteiger partial charge is 0.503 e. The average molecular weight is 383 g/mol. The minimum Gasteiger partial charge on any atom is -0.503 e. The Morgan fingerprint density at radius 3 is 2.64 bits per heavy atom. The third-order valence-corrected chi connectivity index (χ3v) is 4.77. The summed E-state index contributed by atoms with van der Waals surface area (Å²) in [5, 5.41) is 10.6. The van der Waals surface area contributed by atoms with Gasteiger partial charge in [-0.1, -0.05) is 13.8 Å². The monoisotopic (exact) mass is 383 g/mol. The van der Waals surface area contributed by atoms with Crippen LogP contribution in [0.3, 0.4) is 0 Å². The smallest absolute Gasteiger partial charge is 0.294 e. The molecule has 1 amide bonds. The van der Waals surface area contributed by atoms with Gasteiger partial charge in [0.15, 0.2) is 23.0 Å². The molecule has 2 aliphatic rings. The van der Waals surface area contributed by atoms with Crippen LogP contribution in [0.15, 0.2) is 46.1 Å². The molecule has 4 rings (SSSR count). The van der Waals surface area contributed by atoms with Crippen LogP contribution in [-0.2, 0) is 9.59 Å². The zero-order valence-electron chi connectivity index (χ0n) is 15.9. The Labute approximate surface area is 162 Å². The zero-order valence-corrected chi connectivity index (χ0v) is 15.9. The van der Waals surface area contributed by atoms with Gasteiger partial charge in [-0.2, -0.15) is 0 Å². The summed E-state index contributed by atoms with van der Waals surface area (Å²) in [6.45, 7) is 5.71. The van der Waals surface area contributed by atoms with E-state index in [1.165, 1.54) is 4.90 Å². The number of furan rings is 1. The number of aliphatic hydroxyl groups excluding tert-OH is 1. The molecule has 0 radical (unpaired) electrons. The van der Waals surface area contributed by atoms with Gasteiger partial charge in [-0.3, -0.25) is 14.5 Å². The third-order valence-electron chi connectivity index (χ3n) is 4.77. The number of benzene rings is 1. The van der Waals surface area contributed by atoms with E-state index < -0.39 is 17.7 Å². The number of hydrogen-bond acceptors (Lipinski definition) is 6. The SMILES string of the molecule is Cc1ccc(C2C(C(=O)CC(C)C)=C(O)C(=O)N2c2ccc3c(c2)OCO3)o1. The molecule has 0 saturated carbocycles. The number of carbonyl (C=O) groups excluding carboxylic acids is 2. The van der Waals surface area contributed by atoms with E-state index in [1.807, 2.05) is 13.8 Å². The number of Topliss-reactive ketones (excluding diaryl/α,β-unsaturated/α-hetero) is 1. The molecule has 0 aliphatic carbocycles. The van der Waals surface area contributed by atoms with E-state index in [0.29, 0.717) is 28.7 Å². The lowest BCUT2D eigenvalue weighted by Gasteiger charge is -2.25. The van der Waals surface area contributed by atoms with Gasteiger partial charge < -0.3 is 19.0 Å². The number of aryl methyl sites for hydroxylation is 1. The Morgan fingerprint density at radius 2 is 1.96 bits per heavy atom. The van der Waals surface area contributed by atoms with Crippen LogP contribution in [-0.4, -0.2) is 23.6 Å². The van der Waals surface area contributed by atoms with Crippen LogP contribution in [0.4, 0.5) is 5.69 Å². The van der Waals surface area contributed by atoms with Crippen LogP contribution in [0.5, 0.6) is 11.5 Å². The van der Waals surface area contributed by atoms with Crippen molar-refractivity contribution >= 4 is 17.4 Å². The molecule has 1 unspecified atom stereocenters. The first-order valence-corrected chi connectivity index (χ1v) is 9.12. The molecule has 1 atom stereocenters. The van der Waals surface area contributed by atoms with Gasteiger partial charge in [-0.25, -0.2) is 0 Å². The first-order chi connectivity index (χ1) is 13.4. The third kappa shape index (κ3) is 2.93. The van der Waals surface area contributed by atoms with Crippen molar-refractivity contribution in [3.63, 3.8) is 0 Å². The van der Waals surface area contributed by atoms with E-state index in [9.17, 15) is 14.7 Å². The summed E-state index contributed by atoms with van der Waals surface area (Å²) >= 11 is 0. The van der Waals surface area contributed by atoms with Crippen LogP contribution in [0.1, 0.15) is 37.8 Å². The van der Waals surface area contributed by atoms with Crippen molar-refractivity contribution in [2.24, 2.45) is 5.92 Å². The summed E-state index contributed by atoms with van der Waals surface area (Å²) in [5.41, 5.74) is 0.540. The Hall–Kier alpha value is -3.22. The van der Waals surface area contributed by atoms with Gasteiger partial charge in [0.1, 0.15) is 17.6 Å². The maximum atomic E-state index is 12.9. The van der Waals surface area contributed by atoms with Gasteiger partial charge in [0.05, 0.1) is 5.57 Å². The molecular weight excluding hydrogens is 362 g/mol. The minimum atomic E-state index is -0.840. The first-order valence-electron chi connectivity index (χ1n) is 9.12. The van der Waals surface area contributed by atoms with Crippen LogP contribution in [0, 0.1) is 12.8 Å². The van der Waals surface area contributed by atoms with Crippen LogP contribution >= 0.6 is 0 Å². The molecular formula is C21H21NO6. The molecule has 28 heavy (non-hydrogen) atoms. The Morgan fingerprint density at radius 1 is 1.21 bits per heavy atom. The van der Waals surface area contributed by atoms with E-state index in [4.69, 9.17) is 13.9 Å². The van der Waals surface area contributed by atoms with Crippen LogP contribution in [0.2, 0.25) is 0 Å². The average Bonchev–Trinajstić information content (AvgIpc) is 3.33. The Balaban J connectivity index is 1.81. The summed E-state index contributed by atoms with van der Waals surface area (Å²) in [7, 11) is 0. The van der Waals surface area contributed by atoms with Crippen LogP contribution < -0.4 is 14.4 Å². The molecule has 0 spiro atoms. The number of fused-ring (bicyclic) bond motifs is 1. The number of rotatable bonds is 5. The topological polar surface area (TPSA) is 89.2 Å². The van der Waals surface area contributed by atoms with Gasteiger partial charge >= 0.3 is 0 Å². The normalized spacial score (nSPS) is 18.5. The Kier molecular flexibility index (Phi) is 4.37. The summed E-state index contributed by atoms with van der Waals surface area (Å²) in [6.07, 6.45) is 0.220. The predicted molar refractivity (Wildman–Crippen MR) is 100 cm³/mol. The second-order valence-corrected chi connectivity index (χ2v) is 7.35. The maximum Gasteiger partial charge on any atom is 0.294 e. The molecule has 1 N–H and O–H groups in total. The maximum absolute atomic E-state index is 12.9. The second kappa shape index (κ2) is 6.74. The number of nitrogens with zero attached hydrogens (tertiary/aromatic N) is 1. The molecule has 1 aromatic carbocycles. The molecule has 2 aromatic rings. The van der Waals surface area contributed by atoms with Crippen LogP contribution in [0.25, 0.3) is 0 Å². The van der Waals surface area contributed by atoms with Gasteiger partial charge in [-0.05, 0) is 37.1 Å². The minimum absolute atomic E-state index is 0.0608. The highest BCUT2D eigenvalue weighted by molar-refractivity contribution is 6.16. The fourth-order valence-corrected chi connectivity index (χ4v) is 3.54. The zero-order chi connectivity index (χ0) is 20.0. The van der Waals surface area contributed by atoms with Crippen molar-refractivity contribution < 1.29 is 28.6 Å². The van der Waals surface area contributed by atoms with Crippen molar-refractivity contribution in [1.29, 1.82) is 0 Å². The molecule has 146 valence electrons. The molecule has 0 bridgehead atoms. The van der Waals surface area contributed by atoms with E-state index in [2.05, 4.69) is 0 Å². The predicted octanol–water partition coefficient (Wildman–Crippen LogP) is 3.83. The van der Waals surface area contributed by atoms with E-state index in [0.717, 1.165) is 0 Å². The van der Waals surface area contributed by atoms with Crippen molar-refractivity contribution in [3.05, 3.63) is 53.2 Å². The number of ether oxygens (including phenoxy) is 2. The number of aliphatic hydroxyl groups is 1. The first kappa shape index (κ1) is 18.2.